The van der Waals surface area contributed by atoms with Crippen LogP contribution in [0.5, 0.6) is 0 Å². The van der Waals surface area contributed by atoms with E-state index in [2.05, 4.69) is 18.7 Å². The van der Waals surface area contributed by atoms with Gasteiger partial charge in [-0.2, -0.15) is 0 Å². The average molecular weight is 271 g/mol. The van der Waals surface area contributed by atoms with Crippen molar-refractivity contribution in [2.24, 2.45) is 5.92 Å². The van der Waals surface area contributed by atoms with Gasteiger partial charge in [0.05, 0.1) is 26.2 Å². The lowest BCUT2D eigenvalue weighted by molar-refractivity contribution is -0.146. The van der Waals surface area contributed by atoms with E-state index in [-0.39, 0.29) is 5.97 Å². The molecule has 0 amide bonds. The zero-order valence-corrected chi connectivity index (χ0v) is 12.5. The van der Waals surface area contributed by atoms with E-state index in [4.69, 9.17) is 9.47 Å². The predicted octanol–water partition coefficient (Wildman–Crippen LogP) is 2.47. The minimum absolute atomic E-state index is 0.123. The van der Waals surface area contributed by atoms with Crippen LogP contribution in [-0.4, -0.2) is 50.3 Å². The zero-order chi connectivity index (χ0) is 13.9. The summed E-state index contributed by atoms with van der Waals surface area (Å²) in [7, 11) is 0. The summed E-state index contributed by atoms with van der Waals surface area (Å²) in [5, 5.41) is 0. The molecule has 1 saturated heterocycles. The van der Waals surface area contributed by atoms with Crippen molar-refractivity contribution in [1.29, 1.82) is 0 Å². The van der Waals surface area contributed by atoms with E-state index >= 15 is 0 Å². The van der Waals surface area contributed by atoms with Crippen LogP contribution in [0.2, 0.25) is 0 Å². The van der Waals surface area contributed by atoms with Gasteiger partial charge in [-0.3, -0.25) is 9.69 Å². The van der Waals surface area contributed by atoms with Crippen LogP contribution in [0.15, 0.2) is 0 Å². The quantitative estimate of drug-likeness (QED) is 0.310. The number of hydrogen-bond acceptors (Lipinski definition) is 4. The largest absolute Gasteiger partial charge is 0.465 e. The molecule has 0 saturated carbocycles. The Balaban J connectivity index is 1.92. The van der Waals surface area contributed by atoms with Crippen LogP contribution >= 0.6 is 0 Å². The molecule has 0 unspecified atom stereocenters. The molecule has 1 fully saturated rings. The molecule has 0 bridgehead atoms. The molecule has 0 aromatic rings. The number of esters is 1. The van der Waals surface area contributed by atoms with E-state index in [1.54, 1.807) is 0 Å². The van der Waals surface area contributed by atoms with Crippen LogP contribution in [0.3, 0.4) is 0 Å². The molecule has 4 nitrogen and oxygen atoms in total. The number of nitrogens with zero attached hydrogens (tertiary/aromatic N) is 1. The summed E-state index contributed by atoms with van der Waals surface area (Å²) >= 11 is 0. The fraction of sp³-hybridized carbons (Fsp3) is 0.933. The van der Waals surface area contributed by atoms with Crippen molar-refractivity contribution in [3.8, 4) is 0 Å². The molecule has 1 aliphatic heterocycles. The highest BCUT2D eigenvalue weighted by molar-refractivity contribution is 5.69. The number of ether oxygens (including phenoxy) is 2. The lowest BCUT2D eigenvalue weighted by Crippen LogP contribution is -2.16. The van der Waals surface area contributed by atoms with Gasteiger partial charge in [-0.1, -0.05) is 33.1 Å². The van der Waals surface area contributed by atoms with E-state index < -0.39 is 0 Å². The number of unbranched alkanes of at least 4 members (excludes halogenated alkanes) is 1. The Bertz CT molecular complexity index is 242. The number of carbonyl (C=O) groups is 1. The Morgan fingerprint density at radius 3 is 2.68 bits per heavy atom. The van der Waals surface area contributed by atoms with Gasteiger partial charge in [-0.25, -0.2) is 0 Å². The van der Waals surface area contributed by atoms with Crippen LogP contribution in [-0.2, 0) is 14.3 Å². The molecule has 0 aliphatic carbocycles. The van der Waals surface area contributed by atoms with E-state index in [1.807, 2.05) is 0 Å². The molecular formula is C15H29NO3. The van der Waals surface area contributed by atoms with Gasteiger partial charge in [0.1, 0.15) is 0 Å². The average Bonchev–Trinajstić information content (AvgIpc) is 3.22. The standard InChI is InChI=1S/C15H29NO3/c1-3-5-6-14(4-2)13-19-15(17)7-11-18-12-10-16-8-9-16/h14H,3-13H2,1-2H3/t14-/m1/s1. The van der Waals surface area contributed by atoms with Crippen molar-refractivity contribution >= 4 is 5.97 Å². The Morgan fingerprint density at radius 2 is 2.05 bits per heavy atom. The number of carbonyl (C=O) groups excluding carboxylic acids is 1. The van der Waals surface area contributed by atoms with Gasteiger partial charge in [0.15, 0.2) is 0 Å². The SMILES string of the molecule is CCCC[C@@H](CC)COC(=O)CCOCCN1CC1. The molecule has 0 aromatic carbocycles. The van der Waals surface area contributed by atoms with Crippen molar-refractivity contribution in [1.82, 2.24) is 4.90 Å². The lowest BCUT2D eigenvalue weighted by Gasteiger charge is -2.14. The van der Waals surface area contributed by atoms with Crippen molar-refractivity contribution in [3.05, 3.63) is 0 Å². The normalized spacial score (nSPS) is 16.3. The van der Waals surface area contributed by atoms with Gasteiger partial charge in [0.25, 0.3) is 0 Å². The van der Waals surface area contributed by atoms with E-state index in [9.17, 15) is 4.79 Å². The fourth-order valence-corrected chi connectivity index (χ4v) is 1.93. The van der Waals surface area contributed by atoms with Gasteiger partial charge >= 0.3 is 5.97 Å². The van der Waals surface area contributed by atoms with Crippen LogP contribution in [0, 0.1) is 5.92 Å². The lowest BCUT2D eigenvalue weighted by atomic mass is 10.0. The highest BCUT2D eigenvalue weighted by Gasteiger charge is 2.15. The topological polar surface area (TPSA) is 38.5 Å². The van der Waals surface area contributed by atoms with Crippen molar-refractivity contribution in [2.75, 3.05) is 39.5 Å². The molecule has 0 spiro atoms. The predicted molar refractivity (Wildman–Crippen MR) is 76.1 cm³/mol. The van der Waals surface area contributed by atoms with Gasteiger partial charge in [-0.05, 0) is 12.3 Å². The minimum Gasteiger partial charge on any atom is -0.465 e. The molecule has 1 atom stereocenters. The van der Waals surface area contributed by atoms with Crippen LogP contribution < -0.4 is 0 Å². The van der Waals surface area contributed by atoms with E-state index in [0.29, 0.717) is 25.6 Å². The fourth-order valence-electron chi connectivity index (χ4n) is 1.93. The molecule has 1 heterocycles. The first-order valence-electron chi connectivity index (χ1n) is 7.72. The van der Waals surface area contributed by atoms with Gasteiger partial charge in [0.2, 0.25) is 0 Å². The van der Waals surface area contributed by atoms with Gasteiger partial charge in [0, 0.05) is 19.6 Å². The minimum atomic E-state index is -0.123. The maximum absolute atomic E-state index is 11.5. The second-order valence-corrected chi connectivity index (χ2v) is 5.30. The van der Waals surface area contributed by atoms with E-state index in [0.717, 1.165) is 26.0 Å². The van der Waals surface area contributed by atoms with E-state index in [1.165, 1.54) is 25.9 Å². The van der Waals surface area contributed by atoms with Crippen molar-refractivity contribution in [2.45, 2.75) is 46.0 Å². The monoisotopic (exact) mass is 271 g/mol. The summed E-state index contributed by atoms with van der Waals surface area (Å²) in [4.78, 5) is 13.8. The third kappa shape index (κ3) is 9.00. The number of hydrogen-bond donors (Lipinski definition) is 0. The summed E-state index contributed by atoms with van der Waals surface area (Å²) in [6.07, 6.45) is 5.04. The van der Waals surface area contributed by atoms with Crippen LogP contribution in [0.25, 0.3) is 0 Å². The van der Waals surface area contributed by atoms with Gasteiger partial charge < -0.3 is 9.47 Å². The third-order valence-electron chi connectivity index (χ3n) is 3.57. The molecule has 1 aliphatic rings. The van der Waals surface area contributed by atoms with Gasteiger partial charge in [-0.15, -0.1) is 0 Å². The number of rotatable bonds is 12. The summed E-state index contributed by atoms with van der Waals surface area (Å²) in [6.45, 7) is 9.51. The molecule has 112 valence electrons. The molecule has 0 aromatic heterocycles. The molecule has 1 rings (SSSR count). The summed E-state index contributed by atoms with van der Waals surface area (Å²) < 4.78 is 10.7. The maximum atomic E-state index is 11.5. The second kappa shape index (κ2) is 10.2. The first-order valence-corrected chi connectivity index (χ1v) is 7.72. The summed E-state index contributed by atoms with van der Waals surface area (Å²) in [5.74, 6) is 0.397. The third-order valence-corrected chi connectivity index (χ3v) is 3.57. The van der Waals surface area contributed by atoms with Crippen LogP contribution in [0.1, 0.15) is 46.0 Å². The van der Waals surface area contributed by atoms with Crippen molar-refractivity contribution < 1.29 is 14.3 Å². The second-order valence-electron chi connectivity index (χ2n) is 5.30. The molecule has 0 radical (unpaired) electrons. The Morgan fingerprint density at radius 1 is 1.26 bits per heavy atom. The Kier molecular flexibility index (Phi) is 8.84. The molecule has 4 heteroatoms. The highest BCUT2D eigenvalue weighted by Crippen LogP contribution is 2.13. The molecule has 0 N–H and O–H groups in total. The first-order chi connectivity index (χ1) is 9.26. The Labute approximate surface area is 117 Å². The zero-order valence-electron chi connectivity index (χ0n) is 12.5. The first kappa shape index (κ1) is 16.4. The van der Waals surface area contributed by atoms with Crippen LogP contribution in [0.4, 0.5) is 0 Å². The van der Waals surface area contributed by atoms with Crippen molar-refractivity contribution in [3.63, 3.8) is 0 Å². The molecular weight excluding hydrogens is 242 g/mol. The smallest absolute Gasteiger partial charge is 0.308 e. The Hall–Kier alpha value is -0.610. The molecule has 19 heavy (non-hydrogen) atoms. The maximum Gasteiger partial charge on any atom is 0.308 e. The highest BCUT2D eigenvalue weighted by atomic mass is 16.5. The summed E-state index contributed by atoms with van der Waals surface area (Å²) in [5.41, 5.74) is 0. The summed E-state index contributed by atoms with van der Waals surface area (Å²) in [6, 6.07) is 0.